The van der Waals surface area contributed by atoms with Crippen molar-refractivity contribution in [3.05, 3.63) is 0 Å². The van der Waals surface area contributed by atoms with E-state index in [-0.39, 0.29) is 0 Å². The molecule has 0 saturated carbocycles. The van der Waals surface area contributed by atoms with E-state index in [2.05, 4.69) is 13.8 Å². The van der Waals surface area contributed by atoms with Crippen molar-refractivity contribution in [3.63, 3.8) is 0 Å². The highest BCUT2D eigenvalue weighted by atomic mass is 16.5. The number of aliphatic hydroxyl groups excluding tert-OH is 1. The highest BCUT2D eigenvalue weighted by Crippen LogP contribution is 2.14. The Morgan fingerprint density at radius 2 is 1.35 bits per heavy atom. The minimum absolute atomic E-state index is 0.302. The van der Waals surface area contributed by atoms with Crippen LogP contribution in [0.15, 0.2) is 0 Å². The van der Waals surface area contributed by atoms with Gasteiger partial charge in [0.05, 0.1) is 12.7 Å². The second-order valence-electron chi connectivity index (χ2n) is 7.00. The van der Waals surface area contributed by atoms with Gasteiger partial charge in [0.1, 0.15) is 6.04 Å². The molecule has 0 saturated heterocycles. The first-order chi connectivity index (χ1) is 11.0. The van der Waals surface area contributed by atoms with E-state index in [1.807, 2.05) is 0 Å². The molecule has 0 aliphatic rings. The number of hydrogen-bond donors (Lipinski definition) is 2. The molecule has 4 nitrogen and oxygen atoms in total. The van der Waals surface area contributed by atoms with E-state index in [1.165, 1.54) is 51.4 Å². The number of ether oxygens (including phenoxy) is 1. The van der Waals surface area contributed by atoms with Gasteiger partial charge in [0.25, 0.3) is 0 Å². The Morgan fingerprint density at radius 1 is 0.913 bits per heavy atom. The Labute approximate surface area is 143 Å². The Morgan fingerprint density at radius 3 is 1.78 bits per heavy atom. The van der Waals surface area contributed by atoms with Gasteiger partial charge < -0.3 is 15.6 Å². The van der Waals surface area contributed by atoms with E-state index in [1.54, 1.807) is 6.92 Å². The average Bonchev–Trinajstić information content (AvgIpc) is 2.51. The van der Waals surface area contributed by atoms with Crippen LogP contribution >= 0.6 is 0 Å². The fourth-order valence-corrected chi connectivity index (χ4v) is 2.72. The Balaban J connectivity index is 3.37. The molecule has 0 aromatic heterocycles. The molecule has 23 heavy (non-hydrogen) atoms. The average molecular weight is 330 g/mol. The summed E-state index contributed by atoms with van der Waals surface area (Å²) < 4.78 is 4.81. The number of unbranched alkanes of at least 4 members (excludes halogenated alkanes) is 8. The van der Waals surface area contributed by atoms with Crippen molar-refractivity contribution in [2.75, 3.05) is 6.61 Å². The van der Waals surface area contributed by atoms with Gasteiger partial charge in [-0.3, -0.25) is 4.79 Å². The van der Waals surface area contributed by atoms with Crippen LogP contribution in [0.2, 0.25) is 0 Å². The van der Waals surface area contributed by atoms with E-state index >= 15 is 0 Å². The van der Waals surface area contributed by atoms with Crippen molar-refractivity contribution in [2.24, 2.45) is 11.7 Å². The molecule has 0 amide bonds. The summed E-state index contributed by atoms with van der Waals surface area (Å²) in [5.74, 6) is 0.333. The molecule has 0 aromatic rings. The maximum atomic E-state index is 11.4. The number of aliphatic hydroxyl groups is 1. The molecule has 138 valence electrons. The highest BCUT2D eigenvalue weighted by Gasteiger charge is 2.23. The summed E-state index contributed by atoms with van der Waals surface area (Å²) in [6.07, 6.45) is 12.4. The maximum Gasteiger partial charge on any atom is 0.325 e. The predicted molar refractivity (Wildman–Crippen MR) is 96.2 cm³/mol. The predicted octanol–water partition coefficient (Wildman–Crippen LogP) is 4.18. The van der Waals surface area contributed by atoms with Crippen molar-refractivity contribution in [3.8, 4) is 0 Å². The van der Waals surface area contributed by atoms with Crippen molar-refractivity contribution in [1.29, 1.82) is 0 Å². The number of rotatable bonds is 15. The van der Waals surface area contributed by atoms with Gasteiger partial charge in [-0.15, -0.1) is 0 Å². The largest absolute Gasteiger partial charge is 0.465 e. The minimum Gasteiger partial charge on any atom is -0.465 e. The van der Waals surface area contributed by atoms with Gasteiger partial charge in [-0.05, 0) is 19.3 Å². The third kappa shape index (κ3) is 13.5. The zero-order valence-electron chi connectivity index (χ0n) is 15.6. The standard InChI is InChI=1S/C19H39NO3/c1-4-23-19(22)18(20)17(21)15-13-11-9-7-5-6-8-10-12-14-16(2)3/h16-18,21H,4-15,20H2,1-3H3/t17-,18+/m0/s1. The topological polar surface area (TPSA) is 72.5 Å². The first kappa shape index (κ1) is 22.4. The van der Waals surface area contributed by atoms with Crippen molar-refractivity contribution < 1.29 is 14.6 Å². The summed E-state index contributed by atoms with van der Waals surface area (Å²) in [5, 5.41) is 9.85. The molecule has 4 heteroatoms. The van der Waals surface area contributed by atoms with Crippen molar-refractivity contribution in [1.82, 2.24) is 0 Å². The third-order valence-electron chi connectivity index (χ3n) is 4.25. The Bertz CT molecular complexity index is 282. The van der Waals surface area contributed by atoms with E-state index in [4.69, 9.17) is 10.5 Å². The zero-order chi connectivity index (χ0) is 17.5. The van der Waals surface area contributed by atoms with Crippen LogP contribution in [0, 0.1) is 5.92 Å². The zero-order valence-corrected chi connectivity index (χ0v) is 15.6. The summed E-state index contributed by atoms with van der Waals surface area (Å²) in [4.78, 5) is 11.4. The van der Waals surface area contributed by atoms with Crippen LogP contribution in [-0.2, 0) is 9.53 Å². The quantitative estimate of drug-likeness (QED) is 0.349. The fraction of sp³-hybridized carbons (Fsp3) is 0.947. The molecule has 0 rings (SSSR count). The maximum absolute atomic E-state index is 11.4. The van der Waals surface area contributed by atoms with Gasteiger partial charge in [-0.1, -0.05) is 78.1 Å². The Hall–Kier alpha value is -0.610. The minimum atomic E-state index is -0.902. The number of nitrogens with two attached hydrogens (primary N) is 1. The lowest BCUT2D eigenvalue weighted by Crippen LogP contribution is -2.43. The van der Waals surface area contributed by atoms with Crippen LogP contribution in [0.4, 0.5) is 0 Å². The number of esters is 1. The number of carbonyl (C=O) groups is 1. The summed E-state index contributed by atoms with van der Waals surface area (Å²) >= 11 is 0. The van der Waals surface area contributed by atoms with E-state index < -0.39 is 18.1 Å². The lowest BCUT2D eigenvalue weighted by Gasteiger charge is -2.17. The normalized spacial score (nSPS) is 14.0. The van der Waals surface area contributed by atoms with Gasteiger partial charge in [0, 0.05) is 0 Å². The van der Waals surface area contributed by atoms with Crippen LogP contribution in [0.3, 0.4) is 0 Å². The Kier molecular flexibility index (Phi) is 14.6. The van der Waals surface area contributed by atoms with Crippen LogP contribution < -0.4 is 5.73 Å². The second-order valence-corrected chi connectivity index (χ2v) is 7.00. The third-order valence-corrected chi connectivity index (χ3v) is 4.25. The monoisotopic (exact) mass is 329 g/mol. The molecule has 0 heterocycles. The van der Waals surface area contributed by atoms with Crippen molar-refractivity contribution in [2.45, 2.75) is 104 Å². The van der Waals surface area contributed by atoms with Crippen molar-refractivity contribution >= 4 is 5.97 Å². The second kappa shape index (κ2) is 14.9. The van der Waals surface area contributed by atoms with E-state index in [9.17, 15) is 9.90 Å². The van der Waals surface area contributed by atoms with Crippen LogP contribution in [0.1, 0.15) is 91.4 Å². The summed E-state index contributed by atoms with van der Waals surface area (Å²) in [6.45, 7) is 6.62. The lowest BCUT2D eigenvalue weighted by atomic mass is 10.0. The van der Waals surface area contributed by atoms with Gasteiger partial charge >= 0.3 is 5.97 Å². The highest BCUT2D eigenvalue weighted by molar-refractivity contribution is 5.76. The van der Waals surface area contributed by atoms with Gasteiger partial charge in [-0.25, -0.2) is 0 Å². The SMILES string of the molecule is CCOC(=O)[C@H](N)[C@@H](O)CCCCCCCCCCCC(C)C. The van der Waals surface area contributed by atoms with Crippen LogP contribution in [0.25, 0.3) is 0 Å². The molecule has 0 aromatic carbocycles. The molecular formula is C19H39NO3. The van der Waals surface area contributed by atoms with Gasteiger partial charge in [-0.2, -0.15) is 0 Å². The molecule has 2 atom stereocenters. The van der Waals surface area contributed by atoms with Crippen LogP contribution in [-0.4, -0.2) is 29.8 Å². The fourth-order valence-electron chi connectivity index (χ4n) is 2.72. The molecule has 0 spiro atoms. The molecule has 0 bridgehead atoms. The summed E-state index contributed by atoms with van der Waals surface area (Å²) in [5.41, 5.74) is 5.66. The smallest absolute Gasteiger partial charge is 0.325 e. The van der Waals surface area contributed by atoms with E-state index in [0.29, 0.717) is 13.0 Å². The molecule has 0 radical (unpaired) electrons. The number of hydrogen-bond acceptors (Lipinski definition) is 4. The first-order valence-electron chi connectivity index (χ1n) is 9.59. The van der Waals surface area contributed by atoms with Gasteiger partial charge in [0.2, 0.25) is 0 Å². The summed E-state index contributed by atoms with van der Waals surface area (Å²) in [7, 11) is 0. The summed E-state index contributed by atoms with van der Waals surface area (Å²) in [6, 6.07) is -0.902. The molecule has 0 aliphatic heterocycles. The molecule has 3 N–H and O–H groups in total. The van der Waals surface area contributed by atoms with Crippen LogP contribution in [0.5, 0.6) is 0 Å². The van der Waals surface area contributed by atoms with Gasteiger partial charge in [0.15, 0.2) is 0 Å². The number of carbonyl (C=O) groups excluding carboxylic acids is 1. The first-order valence-corrected chi connectivity index (χ1v) is 9.59. The molecule has 0 unspecified atom stereocenters. The molecule has 0 aliphatic carbocycles. The molecule has 0 fully saturated rings. The lowest BCUT2D eigenvalue weighted by molar-refractivity contribution is -0.147. The van der Waals surface area contributed by atoms with E-state index in [0.717, 1.165) is 18.8 Å². The molecular weight excluding hydrogens is 290 g/mol.